The molecule has 148 valence electrons. The van der Waals surface area contributed by atoms with Gasteiger partial charge in [-0.15, -0.1) is 11.8 Å². The number of amides is 2. The monoisotopic (exact) mass is 418 g/mol. The number of carbonyl (C=O) groups excluding carboxylic acids is 2. The number of nitrogens with zero attached hydrogens (tertiary/aromatic N) is 2. The van der Waals surface area contributed by atoms with Crippen LogP contribution in [0.5, 0.6) is 11.5 Å². The summed E-state index contributed by atoms with van der Waals surface area (Å²) < 4.78 is 5.78. The van der Waals surface area contributed by atoms with E-state index in [-0.39, 0.29) is 11.8 Å². The van der Waals surface area contributed by atoms with Crippen LogP contribution in [-0.4, -0.2) is 53.5 Å². The molecule has 0 spiro atoms. The van der Waals surface area contributed by atoms with Gasteiger partial charge in [0.15, 0.2) is 0 Å². The first kappa shape index (κ1) is 20.6. The van der Waals surface area contributed by atoms with E-state index in [1.54, 1.807) is 35.7 Å². The van der Waals surface area contributed by atoms with Crippen molar-refractivity contribution in [1.29, 1.82) is 0 Å². The number of halogens is 1. The van der Waals surface area contributed by atoms with E-state index in [4.69, 9.17) is 16.3 Å². The summed E-state index contributed by atoms with van der Waals surface area (Å²) in [6.45, 7) is 4.06. The number of hydrogen-bond donors (Lipinski definition) is 0. The number of benzene rings is 2. The van der Waals surface area contributed by atoms with Crippen LogP contribution in [0.1, 0.15) is 12.5 Å². The van der Waals surface area contributed by atoms with Crippen molar-refractivity contribution >= 4 is 35.2 Å². The third-order valence-electron chi connectivity index (χ3n) is 4.54. The molecular formula is C21H23ClN2O3S. The second-order valence-corrected chi connectivity index (χ2v) is 8.00. The van der Waals surface area contributed by atoms with E-state index in [1.165, 1.54) is 0 Å². The van der Waals surface area contributed by atoms with Gasteiger partial charge in [0.05, 0.1) is 5.75 Å². The molecule has 2 aromatic rings. The highest BCUT2D eigenvalue weighted by molar-refractivity contribution is 7.99. The van der Waals surface area contributed by atoms with Crippen molar-refractivity contribution in [3.8, 4) is 11.5 Å². The Bertz CT molecular complexity index is 803. The second-order valence-electron chi connectivity index (χ2n) is 6.58. The van der Waals surface area contributed by atoms with E-state index < -0.39 is 0 Å². The Labute approximate surface area is 174 Å². The third kappa shape index (κ3) is 5.91. The molecule has 1 aliphatic rings. The molecule has 1 saturated heterocycles. The van der Waals surface area contributed by atoms with Crippen LogP contribution in [0.15, 0.2) is 48.5 Å². The topological polar surface area (TPSA) is 49.9 Å². The molecule has 1 fully saturated rings. The van der Waals surface area contributed by atoms with Crippen LogP contribution in [-0.2, 0) is 15.3 Å². The molecule has 28 heavy (non-hydrogen) atoms. The zero-order chi connectivity index (χ0) is 19.9. The molecule has 2 amide bonds. The van der Waals surface area contributed by atoms with Crippen LogP contribution >= 0.6 is 23.4 Å². The summed E-state index contributed by atoms with van der Waals surface area (Å²) in [5, 5.41) is 0.676. The predicted molar refractivity (Wildman–Crippen MR) is 113 cm³/mol. The summed E-state index contributed by atoms with van der Waals surface area (Å²) in [6.07, 6.45) is 0. The van der Waals surface area contributed by atoms with Gasteiger partial charge in [0.1, 0.15) is 11.5 Å². The highest BCUT2D eigenvalue weighted by atomic mass is 35.5. The van der Waals surface area contributed by atoms with Crippen molar-refractivity contribution in [2.75, 3.05) is 31.9 Å². The Morgan fingerprint density at radius 1 is 0.929 bits per heavy atom. The van der Waals surface area contributed by atoms with Crippen LogP contribution in [0.25, 0.3) is 0 Å². The van der Waals surface area contributed by atoms with Gasteiger partial charge in [-0.25, -0.2) is 0 Å². The van der Waals surface area contributed by atoms with Gasteiger partial charge in [-0.3, -0.25) is 9.59 Å². The zero-order valence-electron chi connectivity index (χ0n) is 15.8. The summed E-state index contributed by atoms with van der Waals surface area (Å²) in [5.41, 5.74) is 1.14. The van der Waals surface area contributed by atoms with Crippen LogP contribution in [0.2, 0.25) is 5.02 Å². The first-order valence-electron chi connectivity index (χ1n) is 9.14. The average molecular weight is 419 g/mol. The van der Waals surface area contributed by atoms with E-state index >= 15 is 0 Å². The lowest BCUT2D eigenvalue weighted by Gasteiger charge is -2.34. The van der Waals surface area contributed by atoms with Gasteiger partial charge in [0, 0.05) is 43.9 Å². The maximum Gasteiger partial charge on any atom is 0.232 e. The summed E-state index contributed by atoms with van der Waals surface area (Å²) in [6, 6.07) is 15.1. The van der Waals surface area contributed by atoms with Crippen LogP contribution in [0.3, 0.4) is 0 Å². The number of ether oxygens (including phenoxy) is 1. The number of hydrogen-bond acceptors (Lipinski definition) is 4. The van der Waals surface area contributed by atoms with Crippen LogP contribution in [0.4, 0.5) is 0 Å². The molecule has 3 rings (SSSR count). The SMILES string of the molecule is CC(=O)N1CCN(C(=O)CSCc2ccc(Oc3ccc(Cl)cc3)cc2)CC1. The van der Waals surface area contributed by atoms with Crippen molar-refractivity contribution in [1.82, 2.24) is 9.80 Å². The molecule has 0 N–H and O–H groups in total. The maximum absolute atomic E-state index is 12.3. The fourth-order valence-electron chi connectivity index (χ4n) is 2.91. The summed E-state index contributed by atoms with van der Waals surface area (Å²) in [7, 11) is 0. The molecule has 0 unspecified atom stereocenters. The van der Waals surface area contributed by atoms with Crippen molar-refractivity contribution < 1.29 is 14.3 Å². The van der Waals surface area contributed by atoms with Gasteiger partial charge < -0.3 is 14.5 Å². The van der Waals surface area contributed by atoms with Gasteiger partial charge in [-0.05, 0) is 42.0 Å². The fourth-order valence-corrected chi connectivity index (χ4v) is 3.92. The third-order valence-corrected chi connectivity index (χ3v) is 5.79. The minimum atomic E-state index is 0.0740. The van der Waals surface area contributed by atoms with E-state index in [0.29, 0.717) is 37.0 Å². The quantitative estimate of drug-likeness (QED) is 0.709. The lowest BCUT2D eigenvalue weighted by atomic mass is 10.2. The first-order valence-corrected chi connectivity index (χ1v) is 10.7. The standard InChI is InChI=1S/C21H23ClN2O3S/c1-16(25)23-10-12-24(13-11-23)21(26)15-28-14-17-2-6-19(7-3-17)27-20-8-4-18(22)5-9-20/h2-9H,10-15H2,1H3. The van der Waals surface area contributed by atoms with Crippen molar-refractivity contribution in [2.24, 2.45) is 0 Å². The second kappa shape index (κ2) is 9.85. The largest absolute Gasteiger partial charge is 0.457 e. The summed E-state index contributed by atoms with van der Waals surface area (Å²) in [4.78, 5) is 27.3. The molecule has 0 saturated carbocycles. The Morgan fingerprint density at radius 3 is 2.04 bits per heavy atom. The molecule has 1 aliphatic heterocycles. The number of carbonyl (C=O) groups is 2. The normalized spacial score (nSPS) is 14.1. The molecule has 0 atom stereocenters. The molecule has 0 aliphatic carbocycles. The molecule has 1 heterocycles. The summed E-state index contributed by atoms with van der Waals surface area (Å²) in [5.74, 6) is 2.92. The molecule has 7 heteroatoms. The van der Waals surface area contributed by atoms with Crippen molar-refractivity contribution in [3.05, 3.63) is 59.1 Å². The van der Waals surface area contributed by atoms with Gasteiger partial charge in [-0.2, -0.15) is 0 Å². The maximum atomic E-state index is 12.3. The van der Waals surface area contributed by atoms with Crippen molar-refractivity contribution in [2.45, 2.75) is 12.7 Å². The average Bonchev–Trinajstić information content (AvgIpc) is 2.71. The van der Waals surface area contributed by atoms with E-state index in [0.717, 1.165) is 22.8 Å². The Hall–Kier alpha value is -2.18. The number of thioether (sulfide) groups is 1. The lowest BCUT2D eigenvalue weighted by Crippen LogP contribution is -2.50. The van der Waals surface area contributed by atoms with Crippen LogP contribution in [0, 0.1) is 0 Å². The van der Waals surface area contributed by atoms with E-state index in [2.05, 4.69) is 0 Å². The summed E-state index contributed by atoms with van der Waals surface area (Å²) >= 11 is 7.47. The van der Waals surface area contributed by atoms with Gasteiger partial charge in [0.25, 0.3) is 0 Å². The molecule has 5 nitrogen and oxygen atoms in total. The minimum Gasteiger partial charge on any atom is -0.457 e. The number of piperazine rings is 1. The van der Waals surface area contributed by atoms with Crippen LogP contribution < -0.4 is 4.74 Å². The lowest BCUT2D eigenvalue weighted by molar-refractivity contribution is -0.136. The molecule has 0 bridgehead atoms. The molecular weight excluding hydrogens is 396 g/mol. The predicted octanol–water partition coefficient (Wildman–Crippen LogP) is 4.06. The Kier molecular flexibility index (Phi) is 7.23. The van der Waals surface area contributed by atoms with Gasteiger partial charge >= 0.3 is 0 Å². The Balaban J connectivity index is 1.40. The molecule has 0 radical (unpaired) electrons. The molecule has 2 aromatic carbocycles. The molecule has 0 aromatic heterocycles. The van der Waals surface area contributed by atoms with Gasteiger partial charge in [-0.1, -0.05) is 23.7 Å². The Morgan fingerprint density at radius 2 is 1.46 bits per heavy atom. The minimum absolute atomic E-state index is 0.0740. The smallest absolute Gasteiger partial charge is 0.232 e. The van der Waals surface area contributed by atoms with Gasteiger partial charge in [0.2, 0.25) is 11.8 Å². The van der Waals surface area contributed by atoms with Crippen molar-refractivity contribution in [3.63, 3.8) is 0 Å². The fraction of sp³-hybridized carbons (Fsp3) is 0.333. The first-order chi connectivity index (χ1) is 13.5. The highest BCUT2D eigenvalue weighted by Crippen LogP contribution is 2.24. The van der Waals surface area contributed by atoms with E-state index in [9.17, 15) is 9.59 Å². The number of rotatable bonds is 6. The highest BCUT2D eigenvalue weighted by Gasteiger charge is 2.21. The van der Waals surface area contributed by atoms with E-state index in [1.807, 2.05) is 41.3 Å². The zero-order valence-corrected chi connectivity index (χ0v) is 17.3.